The summed E-state index contributed by atoms with van der Waals surface area (Å²) in [5.74, 6) is -0.954. The summed E-state index contributed by atoms with van der Waals surface area (Å²) < 4.78 is 10.8. The van der Waals surface area contributed by atoms with Gasteiger partial charge in [-0.15, -0.1) is 0 Å². The molecule has 1 aliphatic heterocycles. The molecule has 168 valence electrons. The van der Waals surface area contributed by atoms with Crippen molar-refractivity contribution in [1.82, 2.24) is 4.90 Å². The number of rotatable bonds is 7. The Morgan fingerprint density at radius 2 is 1.82 bits per heavy atom. The summed E-state index contributed by atoms with van der Waals surface area (Å²) in [7, 11) is 0. The van der Waals surface area contributed by atoms with Gasteiger partial charge in [-0.2, -0.15) is 0 Å². The van der Waals surface area contributed by atoms with Crippen molar-refractivity contribution in [3.05, 3.63) is 99.5 Å². The molecule has 1 aromatic heterocycles. The Kier molecular flexibility index (Phi) is 5.95. The SMILES string of the molecule is CCOc1ccc(C(O)=C2C(=O)C(=O)N(Cc3ccco3)[C@H]2c2ccc([N+](=O)[O-])cc2)cc1. The normalized spacial score (nSPS) is 17.4. The standard InChI is InChI=1S/C24H20N2O7/c1-2-32-18-11-7-16(8-12-18)22(27)20-21(15-5-9-17(10-6-15)26(30)31)25(24(29)23(20)28)14-19-4-3-13-33-19/h3-13,21,27H,2,14H2,1H3/t21-/m0/s1. The zero-order valence-corrected chi connectivity index (χ0v) is 17.6. The summed E-state index contributed by atoms with van der Waals surface area (Å²) in [6.07, 6.45) is 1.45. The molecule has 9 nitrogen and oxygen atoms in total. The van der Waals surface area contributed by atoms with Crippen molar-refractivity contribution < 1.29 is 28.8 Å². The monoisotopic (exact) mass is 448 g/mol. The molecule has 0 spiro atoms. The van der Waals surface area contributed by atoms with E-state index in [-0.39, 0.29) is 23.6 Å². The molecule has 1 fully saturated rings. The number of carbonyl (C=O) groups is 2. The molecule has 1 N–H and O–H groups in total. The van der Waals surface area contributed by atoms with Crippen LogP contribution in [0.5, 0.6) is 5.75 Å². The van der Waals surface area contributed by atoms with Crippen LogP contribution in [0.1, 0.15) is 29.9 Å². The van der Waals surface area contributed by atoms with Gasteiger partial charge in [0.2, 0.25) is 0 Å². The zero-order chi connectivity index (χ0) is 23.5. The number of ether oxygens (including phenoxy) is 1. The number of furan rings is 1. The molecule has 3 aromatic rings. The van der Waals surface area contributed by atoms with Gasteiger partial charge >= 0.3 is 0 Å². The van der Waals surface area contributed by atoms with Crippen molar-refractivity contribution in [2.24, 2.45) is 0 Å². The molecule has 1 atom stereocenters. The highest BCUT2D eigenvalue weighted by Gasteiger charge is 2.46. The fraction of sp³-hybridized carbons (Fsp3) is 0.167. The minimum absolute atomic E-state index is 0.0146. The topological polar surface area (TPSA) is 123 Å². The van der Waals surface area contributed by atoms with Crippen LogP contribution >= 0.6 is 0 Å². The molecule has 1 saturated heterocycles. The Bertz CT molecular complexity index is 1210. The lowest BCUT2D eigenvalue weighted by atomic mass is 9.95. The molecule has 33 heavy (non-hydrogen) atoms. The molecule has 1 amide bonds. The molecule has 9 heteroatoms. The first-order valence-corrected chi connectivity index (χ1v) is 10.2. The number of nitro groups is 1. The molecule has 1 aliphatic rings. The predicted molar refractivity (Wildman–Crippen MR) is 117 cm³/mol. The number of carbonyl (C=O) groups excluding carboxylic acids is 2. The molecular formula is C24H20N2O7. The van der Waals surface area contributed by atoms with E-state index in [4.69, 9.17) is 9.15 Å². The van der Waals surface area contributed by atoms with Crippen LogP contribution in [0.25, 0.3) is 5.76 Å². The van der Waals surface area contributed by atoms with Gasteiger partial charge in [0.25, 0.3) is 17.4 Å². The van der Waals surface area contributed by atoms with E-state index in [0.717, 1.165) is 0 Å². The molecule has 0 bridgehead atoms. The minimum atomic E-state index is -0.956. The van der Waals surface area contributed by atoms with Gasteiger partial charge in [-0.25, -0.2) is 0 Å². The van der Waals surface area contributed by atoms with E-state index in [0.29, 0.717) is 29.2 Å². The number of Topliss-reactive ketones (excluding diaryl/α,β-unsaturated/α-hetero) is 1. The van der Waals surface area contributed by atoms with Crippen molar-refractivity contribution in [2.45, 2.75) is 19.5 Å². The van der Waals surface area contributed by atoms with E-state index in [1.165, 1.54) is 35.4 Å². The Labute approximate surface area is 188 Å². The van der Waals surface area contributed by atoms with Crippen LogP contribution in [0.3, 0.4) is 0 Å². The van der Waals surface area contributed by atoms with E-state index in [9.17, 15) is 24.8 Å². The number of hydrogen-bond donors (Lipinski definition) is 1. The van der Waals surface area contributed by atoms with Crippen LogP contribution in [-0.2, 0) is 16.1 Å². The predicted octanol–water partition coefficient (Wildman–Crippen LogP) is 4.21. The zero-order valence-electron chi connectivity index (χ0n) is 17.6. The second-order valence-electron chi connectivity index (χ2n) is 7.31. The molecule has 0 aliphatic carbocycles. The molecule has 2 heterocycles. The Morgan fingerprint density at radius 1 is 1.12 bits per heavy atom. The minimum Gasteiger partial charge on any atom is -0.507 e. The van der Waals surface area contributed by atoms with Gasteiger partial charge in [0.15, 0.2) is 0 Å². The average molecular weight is 448 g/mol. The highest BCUT2D eigenvalue weighted by Crippen LogP contribution is 2.40. The number of benzene rings is 2. The van der Waals surface area contributed by atoms with Gasteiger partial charge in [0.1, 0.15) is 17.3 Å². The summed E-state index contributed by atoms with van der Waals surface area (Å²) in [4.78, 5) is 37.8. The van der Waals surface area contributed by atoms with Gasteiger partial charge in [-0.1, -0.05) is 0 Å². The van der Waals surface area contributed by atoms with Gasteiger partial charge in [-0.3, -0.25) is 19.7 Å². The Balaban J connectivity index is 1.81. The number of hydrogen-bond acceptors (Lipinski definition) is 7. The van der Waals surface area contributed by atoms with E-state index >= 15 is 0 Å². The number of aliphatic hydroxyl groups excluding tert-OH is 1. The van der Waals surface area contributed by atoms with Gasteiger partial charge < -0.3 is 19.2 Å². The van der Waals surface area contributed by atoms with Crippen LogP contribution in [0.4, 0.5) is 5.69 Å². The first-order chi connectivity index (χ1) is 15.9. The number of nitrogens with zero attached hydrogens (tertiary/aromatic N) is 2. The van der Waals surface area contributed by atoms with Crippen LogP contribution in [-0.4, -0.2) is 33.2 Å². The summed E-state index contributed by atoms with van der Waals surface area (Å²) in [6.45, 7) is 2.31. The maximum atomic E-state index is 13.0. The van der Waals surface area contributed by atoms with Crippen LogP contribution in [0, 0.1) is 10.1 Å². The lowest BCUT2D eigenvalue weighted by Crippen LogP contribution is -2.29. The van der Waals surface area contributed by atoms with Gasteiger partial charge in [0.05, 0.1) is 36.0 Å². The maximum absolute atomic E-state index is 13.0. The van der Waals surface area contributed by atoms with E-state index in [1.807, 2.05) is 6.92 Å². The summed E-state index contributed by atoms with van der Waals surface area (Å²) in [5.41, 5.74) is 0.540. The number of amides is 1. The van der Waals surface area contributed by atoms with Crippen molar-refractivity contribution >= 4 is 23.1 Å². The average Bonchev–Trinajstić information content (AvgIpc) is 3.42. The second-order valence-corrected chi connectivity index (χ2v) is 7.31. The molecule has 2 aromatic carbocycles. The summed E-state index contributed by atoms with van der Waals surface area (Å²) in [5, 5.41) is 22.1. The smallest absolute Gasteiger partial charge is 0.296 e. The fourth-order valence-corrected chi connectivity index (χ4v) is 3.77. The Morgan fingerprint density at radius 3 is 2.39 bits per heavy atom. The van der Waals surface area contributed by atoms with Gasteiger partial charge in [0, 0.05) is 17.7 Å². The highest BCUT2D eigenvalue weighted by molar-refractivity contribution is 6.46. The number of nitro benzene ring substituents is 1. The number of non-ortho nitro benzene ring substituents is 1. The highest BCUT2D eigenvalue weighted by atomic mass is 16.6. The molecule has 0 radical (unpaired) electrons. The number of ketones is 1. The molecule has 0 saturated carbocycles. The van der Waals surface area contributed by atoms with Gasteiger partial charge in [-0.05, 0) is 61.0 Å². The van der Waals surface area contributed by atoms with Crippen LogP contribution in [0.2, 0.25) is 0 Å². The van der Waals surface area contributed by atoms with Crippen molar-refractivity contribution in [2.75, 3.05) is 6.61 Å². The third-order valence-corrected chi connectivity index (χ3v) is 5.30. The van der Waals surface area contributed by atoms with E-state index in [2.05, 4.69) is 0 Å². The molecule has 4 rings (SSSR count). The Hall–Kier alpha value is -4.40. The first-order valence-electron chi connectivity index (χ1n) is 10.2. The van der Waals surface area contributed by atoms with Crippen LogP contribution in [0.15, 0.2) is 76.9 Å². The summed E-state index contributed by atoms with van der Waals surface area (Å²) >= 11 is 0. The summed E-state index contributed by atoms with van der Waals surface area (Å²) in [6, 6.07) is 14.4. The lowest BCUT2D eigenvalue weighted by molar-refractivity contribution is -0.384. The third kappa shape index (κ3) is 4.20. The quantitative estimate of drug-likeness (QED) is 0.189. The van der Waals surface area contributed by atoms with E-state index in [1.54, 1.807) is 36.4 Å². The number of likely N-dealkylation sites (tertiary alicyclic amines) is 1. The third-order valence-electron chi connectivity index (χ3n) is 5.30. The first kappa shape index (κ1) is 21.8. The lowest BCUT2D eigenvalue weighted by Gasteiger charge is -2.24. The largest absolute Gasteiger partial charge is 0.507 e. The van der Waals surface area contributed by atoms with E-state index < -0.39 is 22.7 Å². The second kappa shape index (κ2) is 8.99. The molecular weight excluding hydrogens is 428 g/mol. The fourth-order valence-electron chi connectivity index (χ4n) is 3.77. The van der Waals surface area contributed by atoms with Crippen molar-refractivity contribution in [1.29, 1.82) is 0 Å². The maximum Gasteiger partial charge on any atom is 0.296 e. The van der Waals surface area contributed by atoms with Crippen molar-refractivity contribution in [3.8, 4) is 5.75 Å². The molecule has 0 unspecified atom stereocenters. The van der Waals surface area contributed by atoms with Crippen LogP contribution < -0.4 is 4.74 Å². The number of aliphatic hydroxyl groups is 1. The van der Waals surface area contributed by atoms with Crippen molar-refractivity contribution in [3.63, 3.8) is 0 Å².